The first-order valence-electron chi connectivity index (χ1n) is 8.42. The number of ether oxygens (including phenoxy) is 1. The molecule has 1 amide bonds. The molecule has 1 aromatic heterocycles. The zero-order chi connectivity index (χ0) is 18.2. The molecule has 0 N–H and O–H groups in total. The van der Waals surface area contributed by atoms with Crippen LogP contribution < -0.4 is 4.74 Å². The number of hydrogen-bond donors (Lipinski definition) is 0. The second-order valence-electron chi connectivity index (χ2n) is 5.83. The minimum atomic E-state index is -0.0202. The highest BCUT2D eigenvalue weighted by Gasteiger charge is 2.15. The summed E-state index contributed by atoms with van der Waals surface area (Å²) in [7, 11) is 1.65. The zero-order valence-electron chi connectivity index (χ0n) is 14.7. The van der Waals surface area contributed by atoms with E-state index in [1.807, 2.05) is 83.1 Å². The summed E-state index contributed by atoms with van der Waals surface area (Å²) >= 11 is 1.65. The second-order valence-corrected chi connectivity index (χ2v) is 6.86. The molecule has 0 aliphatic heterocycles. The Morgan fingerprint density at radius 3 is 2.50 bits per heavy atom. The van der Waals surface area contributed by atoms with Crippen LogP contribution in [0.3, 0.4) is 0 Å². The van der Waals surface area contributed by atoms with Crippen molar-refractivity contribution in [3.05, 3.63) is 94.2 Å². The fraction of sp³-hybridized carbons (Fsp3) is 0.136. The van der Waals surface area contributed by atoms with Crippen molar-refractivity contribution in [3.8, 4) is 5.75 Å². The van der Waals surface area contributed by atoms with Crippen LogP contribution in [0.1, 0.15) is 16.0 Å². The number of carbonyl (C=O) groups is 1. The second kappa shape index (κ2) is 9.02. The Balaban J connectivity index is 1.80. The maximum Gasteiger partial charge on any atom is 0.247 e. The molecule has 0 spiro atoms. The third-order valence-electron chi connectivity index (χ3n) is 4.01. The van der Waals surface area contributed by atoms with Gasteiger partial charge >= 0.3 is 0 Å². The van der Waals surface area contributed by atoms with Gasteiger partial charge in [-0.25, -0.2) is 0 Å². The number of hydrogen-bond acceptors (Lipinski definition) is 3. The van der Waals surface area contributed by atoms with Gasteiger partial charge in [-0.1, -0.05) is 54.6 Å². The number of nitrogens with zero attached hydrogens (tertiary/aromatic N) is 1. The van der Waals surface area contributed by atoms with Crippen molar-refractivity contribution in [2.75, 3.05) is 7.11 Å². The standard InChI is InChI=1S/C22H21NO2S/c1-25-21-12-6-5-10-19(21)16-23(17-20-11-7-15-26-20)22(24)14-13-18-8-3-2-4-9-18/h2-15H,16-17H2,1H3/b14-13+. The number of benzene rings is 2. The Morgan fingerprint density at radius 2 is 1.77 bits per heavy atom. The lowest BCUT2D eigenvalue weighted by Gasteiger charge is -2.22. The first kappa shape index (κ1) is 18.0. The number of para-hydroxylation sites is 1. The van der Waals surface area contributed by atoms with Crippen LogP contribution >= 0.6 is 11.3 Å². The number of methoxy groups -OCH3 is 1. The Bertz CT molecular complexity index is 857. The van der Waals surface area contributed by atoms with E-state index >= 15 is 0 Å². The van der Waals surface area contributed by atoms with Crippen molar-refractivity contribution >= 4 is 23.3 Å². The van der Waals surface area contributed by atoms with Crippen LogP contribution in [-0.4, -0.2) is 17.9 Å². The molecule has 0 aliphatic rings. The van der Waals surface area contributed by atoms with E-state index in [1.54, 1.807) is 24.5 Å². The van der Waals surface area contributed by atoms with E-state index < -0.39 is 0 Å². The number of carbonyl (C=O) groups excluding carboxylic acids is 1. The van der Waals surface area contributed by atoms with Crippen LogP contribution in [0.15, 0.2) is 78.2 Å². The predicted molar refractivity (Wildman–Crippen MR) is 107 cm³/mol. The Kier molecular flexibility index (Phi) is 6.23. The monoisotopic (exact) mass is 363 g/mol. The predicted octanol–water partition coefficient (Wildman–Crippen LogP) is 5.00. The molecule has 2 aromatic carbocycles. The number of thiophene rings is 1. The van der Waals surface area contributed by atoms with Crippen molar-refractivity contribution in [3.63, 3.8) is 0 Å². The van der Waals surface area contributed by atoms with Crippen LogP contribution in [0.2, 0.25) is 0 Å². The van der Waals surface area contributed by atoms with Crippen LogP contribution in [0, 0.1) is 0 Å². The summed E-state index contributed by atoms with van der Waals surface area (Å²) in [6.07, 6.45) is 3.49. The van der Waals surface area contributed by atoms with Gasteiger partial charge in [-0.05, 0) is 29.2 Å². The lowest BCUT2D eigenvalue weighted by molar-refractivity contribution is -0.127. The summed E-state index contributed by atoms with van der Waals surface area (Å²) in [4.78, 5) is 15.8. The van der Waals surface area contributed by atoms with Gasteiger partial charge in [0.15, 0.2) is 0 Å². The normalized spacial score (nSPS) is 10.8. The van der Waals surface area contributed by atoms with Crippen molar-refractivity contribution in [1.82, 2.24) is 4.90 Å². The molecule has 0 fully saturated rings. The minimum Gasteiger partial charge on any atom is -0.496 e. The molecule has 0 radical (unpaired) electrons. The molecule has 26 heavy (non-hydrogen) atoms. The van der Waals surface area contributed by atoms with Crippen molar-refractivity contribution < 1.29 is 9.53 Å². The molecule has 0 saturated heterocycles. The maximum absolute atomic E-state index is 12.8. The molecule has 1 heterocycles. The average Bonchev–Trinajstić information content (AvgIpc) is 3.20. The Morgan fingerprint density at radius 1 is 1.00 bits per heavy atom. The van der Waals surface area contributed by atoms with E-state index in [-0.39, 0.29) is 5.91 Å². The quantitative estimate of drug-likeness (QED) is 0.553. The van der Waals surface area contributed by atoms with E-state index in [4.69, 9.17) is 4.74 Å². The number of rotatable bonds is 7. The van der Waals surface area contributed by atoms with Crippen LogP contribution in [-0.2, 0) is 17.9 Å². The average molecular weight is 363 g/mol. The molecule has 3 nitrogen and oxygen atoms in total. The van der Waals surface area contributed by atoms with Gasteiger partial charge < -0.3 is 9.64 Å². The molecule has 0 saturated carbocycles. The highest BCUT2D eigenvalue weighted by molar-refractivity contribution is 7.09. The van der Waals surface area contributed by atoms with E-state index in [1.165, 1.54) is 0 Å². The van der Waals surface area contributed by atoms with Crippen molar-refractivity contribution in [1.29, 1.82) is 0 Å². The maximum atomic E-state index is 12.8. The lowest BCUT2D eigenvalue weighted by atomic mass is 10.1. The third kappa shape index (κ3) is 4.83. The molecule has 0 bridgehead atoms. The lowest BCUT2D eigenvalue weighted by Crippen LogP contribution is -2.28. The van der Waals surface area contributed by atoms with Gasteiger partial charge in [0, 0.05) is 23.1 Å². The van der Waals surface area contributed by atoms with Crippen LogP contribution in [0.25, 0.3) is 6.08 Å². The summed E-state index contributed by atoms with van der Waals surface area (Å²) in [5.74, 6) is 0.775. The summed E-state index contributed by atoms with van der Waals surface area (Å²) in [6, 6.07) is 21.7. The minimum absolute atomic E-state index is 0.0202. The van der Waals surface area contributed by atoms with Gasteiger partial charge in [-0.2, -0.15) is 0 Å². The summed E-state index contributed by atoms with van der Waals surface area (Å²) in [5.41, 5.74) is 2.00. The van der Waals surface area contributed by atoms with Crippen LogP contribution in [0.4, 0.5) is 0 Å². The topological polar surface area (TPSA) is 29.5 Å². The van der Waals surface area contributed by atoms with Gasteiger partial charge in [-0.3, -0.25) is 4.79 Å². The van der Waals surface area contributed by atoms with Gasteiger partial charge in [0.05, 0.1) is 13.7 Å². The fourth-order valence-corrected chi connectivity index (χ4v) is 3.40. The Labute approximate surface area is 158 Å². The largest absolute Gasteiger partial charge is 0.496 e. The molecule has 132 valence electrons. The first-order valence-corrected chi connectivity index (χ1v) is 9.30. The van der Waals surface area contributed by atoms with Crippen LogP contribution in [0.5, 0.6) is 5.75 Å². The molecular formula is C22H21NO2S. The van der Waals surface area contributed by atoms with E-state index in [9.17, 15) is 4.79 Å². The molecular weight excluding hydrogens is 342 g/mol. The molecule has 3 rings (SSSR count). The van der Waals surface area contributed by atoms with E-state index in [2.05, 4.69) is 0 Å². The fourth-order valence-electron chi connectivity index (χ4n) is 2.68. The molecule has 0 unspecified atom stereocenters. The summed E-state index contributed by atoms with van der Waals surface area (Å²) in [6.45, 7) is 1.08. The third-order valence-corrected chi connectivity index (χ3v) is 4.87. The molecule has 0 atom stereocenters. The molecule has 4 heteroatoms. The van der Waals surface area contributed by atoms with Gasteiger partial charge in [0.1, 0.15) is 5.75 Å². The van der Waals surface area contributed by atoms with Gasteiger partial charge in [-0.15, -0.1) is 11.3 Å². The van der Waals surface area contributed by atoms with Crippen molar-refractivity contribution in [2.24, 2.45) is 0 Å². The number of amides is 1. The first-order chi connectivity index (χ1) is 12.8. The summed E-state index contributed by atoms with van der Waals surface area (Å²) < 4.78 is 5.44. The molecule has 3 aromatic rings. The highest BCUT2D eigenvalue weighted by atomic mass is 32.1. The molecule has 0 aliphatic carbocycles. The van der Waals surface area contributed by atoms with E-state index in [0.717, 1.165) is 21.8 Å². The van der Waals surface area contributed by atoms with E-state index in [0.29, 0.717) is 13.1 Å². The smallest absolute Gasteiger partial charge is 0.247 e. The SMILES string of the molecule is COc1ccccc1CN(Cc1cccs1)C(=O)/C=C/c1ccccc1. The van der Waals surface area contributed by atoms with Gasteiger partial charge in [0.25, 0.3) is 0 Å². The Hall–Kier alpha value is -2.85. The zero-order valence-corrected chi connectivity index (χ0v) is 15.5. The highest BCUT2D eigenvalue weighted by Crippen LogP contribution is 2.22. The summed E-state index contributed by atoms with van der Waals surface area (Å²) in [5, 5.41) is 2.03. The van der Waals surface area contributed by atoms with Crippen molar-refractivity contribution in [2.45, 2.75) is 13.1 Å². The van der Waals surface area contributed by atoms with Gasteiger partial charge in [0.2, 0.25) is 5.91 Å².